The number of aromatic amines is 2. The smallest absolute Gasteiger partial charge is 0.407 e. The molecule has 6 aromatic rings. The van der Waals surface area contributed by atoms with Crippen LogP contribution in [0.2, 0.25) is 0 Å². The van der Waals surface area contributed by atoms with Gasteiger partial charge < -0.3 is 49.7 Å². The number of fused-ring (bicyclic) bond motifs is 2. The zero-order valence-corrected chi connectivity index (χ0v) is 46.3. The molecule has 80 heavy (non-hydrogen) atoms. The molecule has 0 spiro atoms. The third-order valence-electron chi connectivity index (χ3n) is 17.0. The summed E-state index contributed by atoms with van der Waals surface area (Å²) in [6.45, 7) is 9.11. The monoisotopic (exact) mass is 1100 g/mol. The van der Waals surface area contributed by atoms with Gasteiger partial charge in [0.2, 0.25) is 11.8 Å². The number of nitrogens with zero attached hydrogens (tertiary/aromatic N) is 6. The fourth-order valence-corrected chi connectivity index (χ4v) is 12.8. The normalized spacial score (nSPS) is 20.6. The number of ether oxygens (including phenoxy) is 2. The summed E-state index contributed by atoms with van der Waals surface area (Å²) in [7, 11) is 2.47. The largest absolute Gasteiger partial charge is 0.453 e. The first kappa shape index (κ1) is 55.9. The standard InChI is InChI=1S/C60H72F4N10O6/c1-33(2)52(69-59(77)79-5)57(75)72-23-11-17-50(72)55-65-44-29-38(40(61)31-46(44)67-55)48-19-20-49(74(48)37-27-42(63)54(43(64)28-37)71-25-21-36(22-26-71)16-10-15-35-13-8-7-9-14-35)39-30-45-47(32-41(39)62)68-56(66-45)51-18-12-24-73(51)58(76)53(34(3)4)70-60(78)80-6/h7-9,13-14,27-34,36,48-53H,10-12,15-26H2,1-6H3,(H,65,67)(H,66,68)(H,69,77)(H,70,78)/t48-,49-,50+,51+,52+,53+/m1/s1. The number of halogens is 4. The van der Waals surface area contributed by atoms with E-state index in [2.05, 4.69) is 32.7 Å². The van der Waals surface area contributed by atoms with Crippen LogP contribution in [-0.2, 0) is 25.5 Å². The number of anilines is 2. The minimum atomic E-state index is -0.858. The van der Waals surface area contributed by atoms with Crippen molar-refractivity contribution < 1.29 is 46.2 Å². The van der Waals surface area contributed by atoms with Crippen LogP contribution in [0.1, 0.15) is 144 Å². The van der Waals surface area contributed by atoms with E-state index in [1.54, 1.807) is 31.7 Å². The van der Waals surface area contributed by atoms with Gasteiger partial charge in [-0.15, -0.1) is 0 Å². The number of amides is 4. The number of methoxy groups -OCH3 is 2. The SMILES string of the molecule is COC(=O)N[C@H](C(=O)N1CCC[C@H]1c1nc2cc([C@H]3CC[C@H](c4cc5nc([C@@H]6CCCN6C(=O)[C@@H](NC(=O)OC)C(C)C)[nH]c5cc4F)N3c3cc(F)c(N4CCC(CCCc5ccccc5)CC4)c(F)c3)c(F)cc2[nH]1)C(C)C. The van der Waals surface area contributed by atoms with Crippen LogP contribution in [0, 0.1) is 41.0 Å². The van der Waals surface area contributed by atoms with E-state index in [9.17, 15) is 19.2 Å². The zero-order chi connectivity index (χ0) is 56.5. The second kappa shape index (κ2) is 23.8. The molecule has 2 aromatic heterocycles. The molecule has 0 radical (unpaired) electrons. The number of alkyl carbamates (subject to hydrolysis) is 2. The van der Waals surface area contributed by atoms with Crippen LogP contribution in [0.25, 0.3) is 22.1 Å². The Kier molecular flexibility index (Phi) is 16.6. The molecule has 20 heteroatoms. The number of hydrogen-bond acceptors (Lipinski definition) is 10. The van der Waals surface area contributed by atoms with Gasteiger partial charge >= 0.3 is 12.2 Å². The second-order valence-corrected chi connectivity index (χ2v) is 22.7. The number of piperidine rings is 1. The van der Waals surface area contributed by atoms with Crippen LogP contribution in [0.3, 0.4) is 0 Å². The molecule has 4 fully saturated rings. The predicted molar refractivity (Wildman–Crippen MR) is 296 cm³/mol. The van der Waals surface area contributed by atoms with E-state index < -0.39 is 71.7 Å². The molecule has 4 aliphatic heterocycles. The zero-order valence-electron chi connectivity index (χ0n) is 46.3. The lowest BCUT2D eigenvalue weighted by molar-refractivity contribution is -0.136. The molecule has 4 saturated heterocycles. The van der Waals surface area contributed by atoms with E-state index in [4.69, 9.17) is 19.4 Å². The molecule has 16 nitrogen and oxygen atoms in total. The van der Waals surface area contributed by atoms with E-state index in [0.717, 1.165) is 32.1 Å². The molecule has 4 amide bonds. The summed E-state index contributed by atoms with van der Waals surface area (Å²) in [6, 6.07) is 14.4. The summed E-state index contributed by atoms with van der Waals surface area (Å²) in [5, 5.41) is 5.32. The van der Waals surface area contributed by atoms with Gasteiger partial charge in [-0.25, -0.2) is 37.1 Å². The highest BCUT2D eigenvalue weighted by atomic mass is 19.1. The van der Waals surface area contributed by atoms with Crippen molar-refractivity contribution in [1.29, 1.82) is 0 Å². The van der Waals surface area contributed by atoms with Gasteiger partial charge in [0.15, 0.2) is 11.6 Å². The molecule has 0 bridgehead atoms. The first-order valence-corrected chi connectivity index (χ1v) is 28.3. The maximum absolute atomic E-state index is 17.0. The molecule has 6 atom stereocenters. The molecule has 0 aliphatic carbocycles. The summed E-state index contributed by atoms with van der Waals surface area (Å²) in [4.78, 5) is 75.6. The number of hydrogen-bond donors (Lipinski definition) is 4. The van der Waals surface area contributed by atoms with Gasteiger partial charge in [0.1, 0.15) is 41.1 Å². The molecule has 0 saturated carbocycles. The Morgan fingerprint density at radius 2 is 1.09 bits per heavy atom. The second-order valence-electron chi connectivity index (χ2n) is 22.7. The summed E-state index contributed by atoms with van der Waals surface area (Å²) in [6.07, 6.45) is 6.17. The van der Waals surface area contributed by atoms with Gasteiger partial charge in [-0.3, -0.25) is 9.59 Å². The Morgan fingerprint density at radius 3 is 1.54 bits per heavy atom. The van der Waals surface area contributed by atoms with Gasteiger partial charge in [0.05, 0.1) is 60.5 Å². The van der Waals surface area contributed by atoms with E-state index in [1.165, 1.54) is 44.0 Å². The Balaban J connectivity index is 0.968. The lowest BCUT2D eigenvalue weighted by Gasteiger charge is -2.36. The highest BCUT2D eigenvalue weighted by molar-refractivity contribution is 5.88. The van der Waals surface area contributed by atoms with Crippen molar-refractivity contribution in [3.05, 3.63) is 118 Å². The van der Waals surface area contributed by atoms with Crippen molar-refractivity contribution in [2.75, 3.05) is 50.2 Å². The van der Waals surface area contributed by atoms with Gasteiger partial charge in [-0.05, 0) is 130 Å². The minimum Gasteiger partial charge on any atom is -0.453 e. The summed E-state index contributed by atoms with van der Waals surface area (Å²) < 4.78 is 77.4. The van der Waals surface area contributed by atoms with E-state index in [-0.39, 0.29) is 59.0 Å². The number of imidazole rings is 2. The maximum atomic E-state index is 17.0. The van der Waals surface area contributed by atoms with E-state index in [1.807, 2.05) is 45.9 Å². The number of aromatic nitrogens is 4. The number of H-pyrrole nitrogens is 2. The molecule has 4 aromatic carbocycles. The van der Waals surface area contributed by atoms with Crippen molar-refractivity contribution in [2.45, 2.75) is 135 Å². The number of aryl methyl sites for hydroxylation is 1. The number of benzene rings is 4. The molecule has 4 N–H and O–H groups in total. The fraction of sp³-hybridized carbons (Fsp3) is 0.500. The Labute approximate surface area is 463 Å². The molecule has 6 heterocycles. The number of carbonyl (C=O) groups is 4. The topological polar surface area (TPSA) is 181 Å². The molecule has 426 valence electrons. The first-order valence-electron chi connectivity index (χ1n) is 28.3. The molecule has 0 unspecified atom stereocenters. The number of nitrogens with one attached hydrogen (secondary N) is 4. The van der Waals surface area contributed by atoms with Crippen molar-refractivity contribution in [1.82, 2.24) is 40.4 Å². The van der Waals surface area contributed by atoms with Crippen molar-refractivity contribution in [2.24, 2.45) is 17.8 Å². The third kappa shape index (κ3) is 11.4. The summed E-state index contributed by atoms with van der Waals surface area (Å²) >= 11 is 0. The van der Waals surface area contributed by atoms with E-state index in [0.29, 0.717) is 91.5 Å². The highest BCUT2D eigenvalue weighted by Gasteiger charge is 2.42. The van der Waals surface area contributed by atoms with Gasteiger partial charge in [-0.2, -0.15) is 0 Å². The van der Waals surface area contributed by atoms with Crippen LogP contribution >= 0.6 is 0 Å². The van der Waals surface area contributed by atoms with Crippen LogP contribution in [0.5, 0.6) is 0 Å². The fourth-order valence-electron chi connectivity index (χ4n) is 12.8. The van der Waals surface area contributed by atoms with Crippen LogP contribution in [0.4, 0.5) is 38.5 Å². The average Bonchev–Trinajstić information content (AvgIpc) is 4.35. The lowest BCUT2D eigenvalue weighted by atomic mass is 9.90. The van der Waals surface area contributed by atoms with Crippen LogP contribution < -0.4 is 20.4 Å². The van der Waals surface area contributed by atoms with Crippen molar-refractivity contribution >= 4 is 57.4 Å². The van der Waals surface area contributed by atoms with Crippen molar-refractivity contribution in [3.8, 4) is 0 Å². The van der Waals surface area contributed by atoms with Crippen LogP contribution in [0.15, 0.2) is 66.7 Å². The molecule has 10 rings (SSSR count). The molecular weight excluding hydrogens is 1030 g/mol. The Hall–Kier alpha value is -7.38. The minimum absolute atomic E-state index is 0.109. The number of carbonyl (C=O) groups excluding carboxylic acids is 4. The van der Waals surface area contributed by atoms with Gasteiger partial charge in [0, 0.05) is 43.0 Å². The quantitative estimate of drug-likeness (QED) is 0.0681. The number of likely N-dealkylation sites (tertiary alicyclic amines) is 2. The predicted octanol–water partition coefficient (Wildman–Crippen LogP) is 11.4. The molecule has 4 aliphatic rings. The third-order valence-corrected chi connectivity index (χ3v) is 17.0. The lowest BCUT2D eigenvalue weighted by Crippen LogP contribution is -2.51. The van der Waals surface area contributed by atoms with Crippen molar-refractivity contribution in [3.63, 3.8) is 0 Å². The Bertz CT molecular complexity index is 3060. The average molecular weight is 1110 g/mol. The number of rotatable bonds is 16. The van der Waals surface area contributed by atoms with Gasteiger partial charge in [-0.1, -0.05) is 58.0 Å². The van der Waals surface area contributed by atoms with E-state index >= 15 is 17.6 Å². The molecular formula is C60H72F4N10O6. The summed E-state index contributed by atoms with van der Waals surface area (Å²) in [5.74, 6) is -2.56. The van der Waals surface area contributed by atoms with Crippen LogP contribution in [-0.4, -0.2) is 106 Å². The van der Waals surface area contributed by atoms with Gasteiger partial charge in [0.25, 0.3) is 0 Å². The highest BCUT2D eigenvalue weighted by Crippen LogP contribution is 2.50. The maximum Gasteiger partial charge on any atom is 0.407 e. The Morgan fingerprint density at radius 1 is 0.613 bits per heavy atom. The first-order chi connectivity index (χ1) is 38.5. The summed E-state index contributed by atoms with van der Waals surface area (Å²) in [5.41, 5.74) is 3.21.